The van der Waals surface area contributed by atoms with Crippen LogP contribution >= 0.6 is 0 Å². The first-order valence-electron chi connectivity index (χ1n) is 9.68. The molecule has 0 aliphatic carbocycles. The number of pyridine rings is 1. The Morgan fingerprint density at radius 2 is 1.66 bits per heavy atom. The SMILES string of the molecule is CC(=O)Nc1ccc(Oc2nc(C)c3ccc(=O)n(-c4ccc(C(N)=O)cc4)c3n2)cc1. The van der Waals surface area contributed by atoms with Crippen LogP contribution in [-0.4, -0.2) is 26.3 Å². The Bertz CT molecular complexity index is 1390. The molecular formula is C23H19N5O4. The first kappa shape index (κ1) is 20.7. The molecule has 0 bridgehead atoms. The Labute approximate surface area is 182 Å². The predicted octanol–water partition coefficient (Wildman–Crippen LogP) is 2.94. The van der Waals surface area contributed by atoms with Crippen molar-refractivity contribution in [3.05, 3.63) is 82.3 Å². The number of fused-ring (bicyclic) bond motifs is 1. The smallest absolute Gasteiger partial charge is 0.324 e. The van der Waals surface area contributed by atoms with Crippen LogP contribution in [-0.2, 0) is 4.79 Å². The van der Waals surface area contributed by atoms with Crippen LogP contribution in [0.3, 0.4) is 0 Å². The molecule has 0 unspecified atom stereocenters. The highest BCUT2D eigenvalue weighted by molar-refractivity contribution is 5.93. The van der Waals surface area contributed by atoms with E-state index in [1.54, 1.807) is 61.5 Å². The third kappa shape index (κ3) is 4.17. The van der Waals surface area contributed by atoms with Crippen molar-refractivity contribution in [1.82, 2.24) is 14.5 Å². The maximum Gasteiger partial charge on any atom is 0.324 e. The molecule has 0 spiro atoms. The molecule has 0 fully saturated rings. The van der Waals surface area contributed by atoms with Gasteiger partial charge in [0, 0.05) is 29.6 Å². The van der Waals surface area contributed by atoms with Crippen molar-refractivity contribution < 1.29 is 14.3 Å². The first-order chi connectivity index (χ1) is 15.3. The Kier molecular flexibility index (Phi) is 5.38. The predicted molar refractivity (Wildman–Crippen MR) is 119 cm³/mol. The average molecular weight is 429 g/mol. The van der Waals surface area contributed by atoms with Crippen LogP contribution in [0.5, 0.6) is 11.8 Å². The molecule has 3 N–H and O–H groups in total. The van der Waals surface area contributed by atoms with Crippen LogP contribution in [0.4, 0.5) is 5.69 Å². The van der Waals surface area contributed by atoms with Gasteiger partial charge in [0.05, 0.1) is 11.4 Å². The van der Waals surface area contributed by atoms with Crippen molar-refractivity contribution in [1.29, 1.82) is 0 Å². The monoisotopic (exact) mass is 429 g/mol. The number of ether oxygens (including phenoxy) is 1. The van der Waals surface area contributed by atoms with Crippen molar-refractivity contribution >= 4 is 28.5 Å². The standard InChI is InChI=1S/C23H19N5O4/c1-13-19-11-12-20(30)28(17-7-3-15(4-8-17)21(24)31)22(19)27-23(25-13)32-18-9-5-16(6-10-18)26-14(2)29/h3-12H,1-2H3,(H2,24,31)(H,26,29). The Morgan fingerprint density at radius 3 is 2.28 bits per heavy atom. The fraction of sp³-hybridized carbons (Fsp3) is 0.0870. The number of nitrogens with one attached hydrogen (secondary N) is 1. The number of nitrogens with zero attached hydrogens (tertiary/aromatic N) is 3. The zero-order valence-corrected chi connectivity index (χ0v) is 17.3. The van der Waals surface area contributed by atoms with Gasteiger partial charge in [-0.05, 0) is 61.5 Å². The molecule has 160 valence electrons. The molecular weight excluding hydrogens is 410 g/mol. The number of hydrogen-bond donors (Lipinski definition) is 2. The van der Waals surface area contributed by atoms with Gasteiger partial charge in [0.15, 0.2) is 5.65 Å². The summed E-state index contributed by atoms with van der Waals surface area (Å²) in [6.07, 6.45) is 0. The molecule has 4 rings (SSSR count). The van der Waals surface area contributed by atoms with Crippen LogP contribution in [0, 0.1) is 6.92 Å². The van der Waals surface area contributed by atoms with Crippen LogP contribution in [0.25, 0.3) is 16.7 Å². The highest BCUT2D eigenvalue weighted by atomic mass is 16.5. The molecule has 32 heavy (non-hydrogen) atoms. The Hall–Kier alpha value is -4.53. The molecule has 9 nitrogen and oxygen atoms in total. The van der Waals surface area contributed by atoms with E-state index in [1.807, 2.05) is 0 Å². The number of primary amides is 1. The van der Waals surface area contributed by atoms with Crippen LogP contribution in [0.1, 0.15) is 23.0 Å². The minimum Gasteiger partial charge on any atom is -0.424 e. The van der Waals surface area contributed by atoms with E-state index in [9.17, 15) is 14.4 Å². The molecule has 0 atom stereocenters. The van der Waals surface area contributed by atoms with Crippen LogP contribution in [0.15, 0.2) is 65.5 Å². The van der Waals surface area contributed by atoms with E-state index in [0.717, 1.165) is 0 Å². The number of nitrogens with two attached hydrogens (primary N) is 1. The second-order valence-electron chi connectivity index (χ2n) is 7.05. The lowest BCUT2D eigenvalue weighted by Crippen LogP contribution is -2.19. The molecule has 0 aliphatic heterocycles. The number of aryl methyl sites for hydroxylation is 1. The molecule has 0 saturated heterocycles. The van der Waals surface area contributed by atoms with Crippen molar-refractivity contribution in [3.8, 4) is 17.4 Å². The topological polar surface area (TPSA) is 129 Å². The summed E-state index contributed by atoms with van der Waals surface area (Å²) in [7, 11) is 0. The summed E-state index contributed by atoms with van der Waals surface area (Å²) in [5.41, 5.74) is 7.48. The quantitative estimate of drug-likeness (QED) is 0.502. The normalized spacial score (nSPS) is 10.7. The zero-order valence-electron chi connectivity index (χ0n) is 17.3. The van der Waals surface area contributed by atoms with E-state index in [-0.39, 0.29) is 17.5 Å². The summed E-state index contributed by atoms with van der Waals surface area (Å²) < 4.78 is 7.22. The number of amides is 2. The number of rotatable bonds is 5. The maximum absolute atomic E-state index is 12.7. The lowest BCUT2D eigenvalue weighted by Gasteiger charge is -2.12. The van der Waals surface area contributed by atoms with Gasteiger partial charge in [0.1, 0.15) is 5.75 Å². The van der Waals surface area contributed by atoms with Gasteiger partial charge < -0.3 is 15.8 Å². The molecule has 2 amide bonds. The molecule has 2 aromatic carbocycles. The molecule has 4 aromatic rings. The van der Waals surface area contributed by atoms with E-state index in [4.69, 9.17) is 10.5 Å². The summed E-state index contributed by atoms with van der Waals surface area (Å²) in [4.78, 5) is 44.1. The van der Waals surface area contributed by atoms with Gasteiger partial charge in [-0.15, -0.1) is 0 Å². The second kappa shape index (κ2) is 8.31. The molecule has 0 radical (unpaired) electrons. The number of anilines is 1. The van der Waals surface area contributed by atoms with E-state index in [0.29, 0.717) is 39.4 Å². The minimum atomic E-state index is -0.555. The van der Waals surface area contributed by atoms with E-state index >= 15 is 0 Å². The van der Waals surface area contributed by atoms with Gasteiger partial charge in [0.2, 0.25) is 11.8 Å². The molecule has 0 aliphatic rings. The van der Waals surface area contributed by atoms with Gasteiger partial charge >= 0.3 is 6.01 Å². The van der Waals surface area contributed by atoms with Crippen LogP contribution < -0.4 is 21.3 Å². The molecule has 2 aromatic heterocycles. The average Bonchev–Trinajstić information content (AvgIpc) is 2.75. The highest BCUT2D eigenvalue weighted by Gasteiger charge is 2.13. The molecule has 2 heterocycles. The number of aromatic nitrogens is 3. The fourth-order valence-electron chi connectivity index (χ4n) is 3.23. The number of carbonyl (C=O) groups excluding carboxylic acids is 2. The third-order valence-corrected chi connectivity index (χ3v) is 4.71. The van der Waals surface area contributed by atoms with Crippen molar-refractivity contribution in [2.24, 2.45) is 5.73 Å². The Morgan fingerprint density at radius 1 is 0.969 bits per heavy atom. The van der Waals surface area contributed by atoms with E-state index in [2.05, 4.69) is 15.3 Å². The van der Waals surface area contributed by atoms with Crippen molar-refractivity contribution in [2.45, 2.75) is 13.8 Å². The number of benzene rings is 2. The molecule has 9 heteroatoms. The largest absolute Gasteiger partial charge is 0.424 e. The van der Waals surface area contributed by atoms with Crippen molar-refractivity contribution in [2.75, 3.05) is 5.32 Å². The number of carbonyl (C=O) groups is 2. The minimum absolute atomic E-state index is 0.0652. The van der Waals surface area contributed by atoms with Crippen molar-refractivity contribution in [3.63, 3.8) is 0 Å². The highest BCUT2D eigenvalue weighted by Crippen LogP contribution is 2.24. The van der Waals surface area contributed by atoms with Gasteiger partial charge in [0.25, 0.3) is 5.56 Å². The van der Waals surface area contributed by atoms with E-state index in [1.165, 1.54) is 17.6 Å². The summed E-state index contributed by atoms with van der Waals surface area (Å²) >= 11 is 0. The second-order valence-corrected chi connectivity index (χ2v) is 7.05. The lowest BCUT2D eigenvalue weighted by atomic mass is 10.2. The zero-order chi connectivity index (χ0) is 22.8. The summed E-state index contributed by atoms with van der Waals surface area (Å²) in [6.45, 7) is 3.22. The molecule has 0 saturated carbocycles. The maximum atomic E-state index is 12.7. The first-order valence-corrected chi connectivity index (χ1v) is 9.68. The summed E-state index contributed by atoms with van der Waals surface area (Å²) in [6, 6.07) is 16.2. The summed E-state index contributed by atoms with van der Waals surface area (Å²) in [5.74, 6) is -0.261. The van der Waals surface area contributed by atoms with Gasteiger partial charge in [-0.3, -0.25) is 19.0 Å². The van der Waals surface area contributed by atoms with Gasteiger partial charge in [-0.2, -0.15) is 9.97 Å². The number of hydrogen-bond acceptors (Lipinski definition) is 6. The van der Waals surface area contributed by atoms with E-state index < -0.39 is 5.91 Å². The van der Waals surface area contributed by atoms with Gasteiger partial charge in [-0.25, -0.2) is 0 Å². The fourth-order valence-corrected chi connectivity index (χ4v) is 3.23. The van der Waals surface area contributed by atoms with Crippen LogP contribution in [0.2, 0.25) is 0 Å². The Balaban J connectivity index is 1.76. The van der Waals surface area contributed by atoms with Gasteiger partial charge in [-0.1, -0.05) is 0 Å². The summed E-state index contributed by atoms with van der Waals surface area (Å²) in [5, 5.41) is 3.36. The third-order valence-electron chi connectivity index (χ3n) is 4.71. The lowest BCUT2D eigenvalue weighted by molar-refractivity contribution is -0.114.